The van der Waals surface area contributed by atoms with Crippen LogP contribution in [-0.2, 0) is 0 Å². The molecule has 0 atom stereocenters. The minimum absolute atomic E-state index is 0.0809. The second kappa shape index (κ2) is 7.41. The number of thiazole rings is 1. The second-order valence-corrected chi connectivity index (χ2v) is 8.68. The summed E-state index contributed by atoms with van der Waals surface area (Å²) in [6.07, 6.45) is 0. The molecule has 0 unspecified atom stereocenters. The molecule has 0 spiro atoms. The Kier molecular flexibility index (Phi) is 4.72. The quantitative estimate of drug-likeness (QED) is 0.465. The molecule has 0 aliphatic carbocycles. The van der Waals surface area contributed by atoms with Crippen LogP contribution >= 0.6 is 22.9 Å². The van der Waals surface area contributed by atoms with E-state index in [2.05, 4.69) is 4.90 Å². The lowest BCUT2D eigenvalue weighted by molar-refractivity contribution is 0.0715. The molecular weight excluding hydrogens is 422 g/mol. The van der Waals surface area contributed by atoms with Gasteiger partial charge >= 0.3 is 0 Å². The van der Waals surface area contributed by atoms with Crippen molar-refractivity contribution in [3.63, 3.8) is 0 Å². The van der Waals surface area contributed by atoms with Crippen LogP contribution < -0.4 is 10.3 Å². The summed E-state index contributed by atoms with van der Waals surface area (Å²) in [5.41, 5.74) is 2.13. The molecule has 0 saturated carbocycles. The fraction of sp³-hybridized carbons (Fsp3) is 0.227. The number of amides is 1. The molecule has 30 heavy (non-hydrogen) atoms. The van der Waals surface area contributed by atoms with Gasteiger partial charge in [0.15, 0.2) is 16.3 Å². The van der Waals surface area contributed by atoms with Crippen LogP contribution in [0.15, 0.2) is 51.7 Å². The number of aryl methyl sites for hydroxylation is 1. The summed E-state index contributed by atoms with van der Waals surface area (Å²) in [5.74, 6) is -0.179. The van der Waals surface area contributed by atoms with Crippen molar-refractivity contribution in [2.24, 2.45) is 0 Å². The number of benzene rings is 2. The van der Waals surface area contributed by atoms with Crippen molar-refractivity contribution in [1.29, 1.82) is 0 Å². The molecule has 0 N–H and O–H groups in total. The van der Waals surface area contributed by atoms with Gasteiger partial charge in [-0.3, -0.25) is 9.59 Å². The lowest BCUT2D eigenvalue weighted by Gasteiger charge is -2.34. The van der Waals surface area contributed by atoms with Gasteiger partial charge in [0.05, 0.1) is 15.6 Å². The van der Waals surface area contributed by atoms with E-state index in [4.69, 9.17) is 21.0 Å². The number of hydrogen-bond donors (Lipinski definition) is 0. The van der Waals surface area contributed by atoms with Gasteiger partial charge < -0.3 is 14.2 Å². The van der Waals surface area contributed by atoms with Crippen molar-refractivity contribution < 1.29 is 9.21 Å². The third-order valence-electron chi connectivity index (χ3n) is 5.42. The molecule has 6 nitrogen and oxygen atoms in total. The minimum Gasteiger partial charge on any atom is -0.451 e. The Labute approximate surface area is 181 Å². The number of fused-ring (bicyclic) bond motifs is 2. The molecule has 1 aliphatic heterocycles. The molecule has 1 amide bonds. The van der Waals surface area contributed by atoms with Crippen molar-refractivity contribution in [3.8, 4) is 0 Å². The summed E-state index contributed by atoms with van der Waals surface area (Å²) in [6.45, 7) is 4.37. The highest BCUT2D eigenvalue weighted by molar-refractivity contribution is 7.22. The summed E-state index contributed by atoms with van der Waals surface area (Å²) >= 11 is 7.85. The molecule has 1 fully saturated rings. The van der Waals surface area contributed by atoms with E-state index in [9.17, 15) is 9.59 Å². The largest absolute Gasteiger partial charge is 0.451 e. The van der Waals surface area contributed by atoms with Crippen LogP contribution in [0.3, 0.4) is 0 Å². The summed E-state index contributed by atoms with van der Waals surface area (Å²) in [6, 6.07) is 12.1. The Morgan fingerprint density at radius 2 is 1.90 bits per heavy atom. The summed E-state index contributed by atoms with van der Waals surface area (Å²) in [4.78, 5) is 33.9. The fourth-order valence-corrected chi connectivity index (χ4v) is 4.92. The zero-order valence-electron chi connectivity index (χ0n) is 16.2. The molecule has 3 heterocycles. The van der Waals surface area contributed by atoms with Crippen LogP contribution in [0, 0.1) is 6.92 Å². The third-order valence-corrected chi connectivity index (χ3v) is 6.91. The van der Waals surface area contributed by atoms with E-state index < -0.39 is 0 Å². The van der Waals surface area contributed by atoms with Crippen molar-refractivity contribution in [3.05, 3.63) is 69.0 Å². The average Bonchev–Trinajstić information content (AvgIpc) is 3.21. The van der Waals surface area contributed by atoms with E-state index in [-0.39, 0.29) is 17.1 Å². The van der Waals surface area contributed by atoms with Crippen molar-refractivity contribution >= 4 is 55.2 Å². The molecular formula is C22H18ClN3O3S. The van der Waals surface area contributed by atoms with Gasteiger partial charge in [-0.15, -0.1) is 0 Å². The molecule has 4 aromatic rings. The van der Waals surface area contributed by atoms with Gasteiger partial charge in [0.2, 0.25) is 0 Å². The number of anilines is 1. The zero-order valence-corrected chi connectivity index (χ0v) is 17.8. The Balaban J connectivity index is 1.34. The van der Waals surface area contributed by atoms with Crippen LogP contribution in [0.4, 0.5) is 5.13 Å². The van der Waals surface area contributed by atoms with Crippen LogP contribution in [0.25, 0.3) is 21.2 Å². The first-order chi connectivity index (χ1) is 14.5. The lowest BCUT2D eigenvalue weighted by Crippen LogP contribution is -2.48. The number of nitrogens with zero attached hydrogens (tertiary/aromatic N) is 3. The summed E-state index contributed by atoms with van der Waals surface area (Å²) < 4.78 is 6.81. The first-order valence-corrected chi connectivity index (χ1v) is 10.8. The molecule has 1 saturated heterocycles. The number of hydrogen-bond acceptors (Lipinski definition) is 6. The van der Waals surface area contributed by atoms with Gasteiger partial charge in [-0.25, -0.2) is 4.98 Å². The first-order valence-electron chi connectivity index (χ1n) is 9.64. The van der Waals surface area contributed by atoms with E-state index in [1.807, 2.05) is 19.1 Å². The van der Waals surface area contributed by atoms with Gasteiger partial charge in [0.1, 0.15) is 5.58 Å². The topological polar surface area (TPSA) is 66.7 Å². The number of para-hydroxylation sites is 1. The summed E-state index contributed by atoms with van der Waals surface area (Å²) in [7, 11) is 0. The number of halogens is 1. The Bertz CT molecular complexity index is 1340. The van der Waals surface area contributed by atoms with Crippen LogP contribution in [0.5, 0.6) is 0 Å². The number of carbonyl (C=O) groups is 1. The van der Waals surface area contributed by atoms with E-state index in [0.717, 1.165) is 20.9 Å². The van der Waals surface area contributed by atoms with Gasteiger partial charge in [-0.05, 0) is 36.8 Å². The highest BCUT2D eigenvalue weighted by Gasteiger charge is 2.26. The SMILES string of the molecule is Cc1c(Cl)ccc2sc(N3CCN(C(=O)c4cc(=O)c5ccccc5o4)CC3)nc12. The standard InChI is InChI=1S/C22H18ClN3O3S/c1-13-15(23)6-7-19-20(13)24-22(30-19)26-10-8-25(9-11-26)21(28)18-12-16(27)14-4-2-3-5-17(14)29-18/h2-7,12H,8-11H2,1H3. The molecule has 8 heteroatoms. The maximum absolute atomic E-state index is 12.9. The normalized spacial score (nSPS) is 14.6. The van der Waals surface area contributed by atoms with Gasteiger partial charge in [0, 0.05) is 37.3 Å². The van der Waals surface area contributed by atoms with E-state index in [1.54, 1.807) is 40.5 Å². The Morgan fingerprint density at radius 1 is 1.13 bits per heavy atom. The van der Waals surface area contributed by atoms with Crippen LogP contribution in [-0.4, -0.2) is 42.0 Å². The Hall–Kier alpha value is -2.90. The monoisotopic (exact) mass is 439 g/mol. The molecule has 1 aliphatic rings. The maximum atomic E-state index is 12.9. The van der Waals surface area contributed by atoms with E-state index in [0.29, 0.717) is 42.2 Å². The molecule has 0 radical (unpaired) electrons. The first kappa shape index (κ1) is 19.1. The number of rotatable bonds is 2. The molecule has 2 aromatic heterocycles. The number of piperazine rings is 1. The van der Waals surface area contributed by atoms with Crippen LogP contribution in [0.1, 0.15) is 16.1 Å². The van der Waals surface area contributed by atoms with Gasteiger partial charge in [-0.1, -0.05) is 35.1 Å². The minimum atomic E-state index is -0.260. The molecule has 5 rings (SSSR count). The zero-order chi connectivity index (χ0) is 20.8. The van der Waals surface area contributed by atoms with Crippen molar-refractivity contribution in [2.45, 2.75) is 6.92 Å². The fourth-order valence-electron chi connectivity index (χ4n) is 3.69. The molecule has 2 aromatic carbocycles. The van der Waals surface area contributed by atoms with Gasteiger partial charge in [-0.2, -0.15) is 0 Å². The predicted octanol–water partition coefficient (Wildman–Crippen LogP) is 4.33. The summed E-state index contributed by atoms with van der Waals surface area (Å²) in [5, 5.41) is 2.12. The Morgan fingerprint density at radius 3 is 2.70 bits per heavy atom. The van der Waals surface area contributed by atoms with Crippen molar-refractivity contribution in [1.82, 2.24) is 9.88 Å². The maximum Gasteiger partial charge on any atom is 0.289 e. The highest BCUT2D eigenvalue weighted by Crippen LogP contribution is 2.33. The lowest BCUT2D eigenvalue weighted by atomic mass is 10.2. The molecule has 0 bridgehead atoms. The van der Waals surface area contributed by atoms with Gasteiger partial charge in [0.25, 0.3) is 5.91 Å². The van der Waals surface area contributed by atoms with Crippen LogP contribution in [0.2, 0.25) is 5.02 Å². The van der Waals surface area contributed by atoms with E-state index in [1.165, 1.54) is 6.07 Å². The average molecular weight is 440 g/mol. The number of aromatic nitrogens is 1. The highest BCUT2D eigenvalue weighted by atomic mass is 35.5. The second-order valence-electron chi connectivity index (χ2n) is 7.27. The number of carbonyl (C=O) groups excluding carboxylic acids is 1. The third kappa shape index (κ3) is 3.24. The molecule has 152 valence electrons. The van der Waals surface area contributed by atoms with Crippen molar-refractivity contribution in [2.75, 3.05) is 31.1 Å². The smallest absolute Gasteiger partial charge is 0.289 e. The van der Waals surface area contributed by atoms with E-state index >= 15 is 0 Å². The predicted molar refractivity (Wildman–Crippen MR) is 120 cm³/mol.